The molecule has 2 fully saturated rings. The summed E-state index contributed by atoms with van der Waals surface area (Å²) in [5.41, 5.74) is 6.09. The Morgan fingerprint density at radius 3 is 2.42 bits per heavy atom. The minimum Gasteiger partial charge on any atom is -0.480 e. The van der Waals surface area contributed by atoms with Gasteiger partial charge in [-0.1, -0.05) is 0 Å². The van der Waals surface area contributed by atoms with Crippen LogP contribution >= 0.6 is 0 Å². The average molecular weight is 353 g/mol. The predicted octanol–water partition coefficient (Wildman–Crippen LogP) is 0.875. The van der Waals surface area contributed by atoms with E-state index in [1.807, 2.05) is 4.90 Å². The number of nitrogens with two attached hydrogens (primary N) is 1. The van der Waals surface area contributed by atoms with E-state index in [-0.39, 0.29) is 23.5 Å². The lowest BCUT2D eigenvalue weighted by atomic mass is 9.86. The fourth-order valence-electron chi connectivity index (χ4n) is 3.07. The molecule has 0 unspecified atom stereocenters. The standard InChI is InChI=1S/C16H23N3O4S/c17-12-3-5-15(6-4-12)24(22,23)18-13-7-14(8-13)19(10-16(20)21)9-11-1-2-11/h3-6,11,13-14,18H,1-2,7-10,17H2,(H,20,21). The molecule has 24 heavy (non-hydrogen) atoms. The highest BCUT2D eigenvalue weighted by Crippen LogP contribution is 2.34. The number of rotatable bonds is 8. The number of hydrogen-bond donors (Lipinski definition) is 3. The quantitative estimate of drug-likeness (QED) is 0.598. The third kappa shape index (κ3) is 4.25. The minimum absolute atomic E-state index is 0.0264. The van der Waals surface area contributed by atoms with Crippen molar-refractivity contribution in [1.29, 1.82) is 0 Å². The van der Waals surface area contributed by atoms with Gasteiger partial charge in [0.1, 0.15) is 0 Å². The van der Waals surface area contributed by atoms with Gasteiger partial charge in [-0.15, -0.1) is 0 Å². The molecule has 0 radical (unpaired) electrons. The molecule has 0 amide bonds. The van der Waals surface area contributed by atoms with Gasteiger partial charge >= 0.3 is 5.97 Å². The lowest BCUT2D eigenvalue weighted by Gasteiger charge is -2.42. The van der Waals surface area contributed by atoms with Gasteiger partial charge in [0.05, 0.1) is 11.4 Å². The molecule has 132 valence electrons. The first-order valence-electron chi connectivity index (χ1n) is 8.17. The second kappa shape index (κ2) is 6.70. The summed E-state index contributed by atoms with van der Waals surface area (Å²) in [6.07, 6.45) is 3.62. The number of anilines is 1. The maximum Gasteiger partial charge on any atom is 0.317 e. The molecule has 3 rings (SSSR count). The number of nitrogens with one attached hydrogen (secondary N) is 1. The third-order valence-corrected chi connectivity index (χ3v) is 6.21. The fraction of sp³-hybridized carbons (Fsp3) is 0.562. The van der Waals surface area contributed by atoms with Gasteiger partial charge in [-0.25, -0.2) is 13.1 Å². The highest BCUT2D eigenvalue weighted by molar-refractivity contribution is 7.89. The van der Waals surface area contributed by atoms with Crippen molar-refractivity contribution in [3.05, 3.63) is 24.3 Å². The highest BCUT2D eigenvalue weighted by Gasteiger charge is 2.38. The molecule has 1 aromatic rings. The van der Waals surface area contributed by atoms with Gasteiger partial charge in [-0.3, -0.25) is 9.69 Å². The van der Waals surface area contributed by atoms with E-state index < -0.39 is 16.0 Å². The Kier molecular flexibility index (Phi) is 4.80. The Bertz CT molecular complexity index is 695. The van der Waals surface area contributed by atoms with Gasteiger partial charge in [-0.2, -0.15) is 0 Å². The number of carbonyl (C=O) groups is 1. The van der Waals surface area contributed by atoms with E-state index in [2.05, 4.69) is 4.72 Å². The van der Waals surface area contributed by atoms with E-state index in [1.54, 1.807) is 12.1 Å². The van der Waals surface area contributed by atoms with Crippen molar-refractivity contribution >= 4 is 21.7 Å². The van der Waals surface area contributed by atoms with Crippen LogP contribution in [-0.4, -0.2) is 49.6 Å². The number of carboxylic acid groups (broad SMARTS) is 1. The summed E-state index contributed by atoms with van der Waals surface area (Å²) in [5.74, 6) is -0.226. The summed E-state index contributed by atoms with van der Waals surface area (Å²) in [6, 6.07) is 6.08. The van der Waals surface area contributed by atoms with Crippen molar-refractivity contribution in [2.45, 2.75) is 42.7 Å². The molecule has 2 aliphatic rings. The van der Waals surface area contributed by atoms with E-state index in [1.165, 1.54) is 12.1 Å². The zero-order valence-electron chi connectivity index (χ0n) is 13.4. The van der Waals surface area contributed by atoms with E-state index in [0.29, 0.717) is 24.4 Å². The monoisotopic (exact) mass is 353 g/mol. The summed E-state index contributed by atoms with van der Waals surface area (Å²) in [5, 5.41) is 9.05. The van der Waals surface area contributed by atoms with E-state index in [0.717, 1.165) is 19.4 Å². The summed E-state index contributed by atoms with van der Waals surface area (Å²) in [6.45, 7) is 0.826. The molecule has 0 saturated heterocycles. The van der Waals surface area contributed by atoms with Crippen LogP contribution in [-0.2, 0) is 14.8 Å². The van der Waals surface area contributed by atoms with Crippen LogP contribution < -0.4 is 10.5 Å². The zero-order valence-corrected chi connectivity index (χ0v) is 14.2. The number of aliphatic carboxylic acids is 1. The van der Waals surface area contributed by atoms with Crippen LogP contribution in [0.3, 0.4) is 0 Å². The summed E-state index contributed by atoms with van der Waals surface area (Å²) < 4.78 is 27.4. The van der Waals surface area contributed by atoms with Gasteiger partial charge in [0.25, 0.3) is 0 Å². The Morgan fingerprint density at radius 2 is 1.88 bits per heavy atom. The van der Waals surface area contributed by atoms with Crippen LogP contribution in [0.2, 0.25) is 0 Å². The van der Waals surface area contributed by atoms with Gasteiger partial charge in [0, 0.05) is 24.3 Å². The lowest BCUT2D eigenvalue weighted by Crippen LogP contribution is -2.55. The molecule has 0 heterocycles. The maximum absolute atomic E-state index is 12.3. The third-order valence-electron chi connectivity index (χ3n) is 4.67. The zero-order chi connectivity index (χ0) is 17.3. The van der Waals surface area contributed by atoms with Crippen molar-refractivity contribution in [3.8, 4) is 0 Å². The number of nitrogens with zero attached hydrogens (tertiary/aromatic N) is 1. The normalized spacial score (nSPS) is 23.9. The second-order valence-electron chi connectivity index (χ2n) is 6.78. The van der Waals surface area contributed by atoms with Gasteiger partial charge in [0.2, 0.25) is 10.0 Å². The number of nitrogen functional groups attached to an aromatic ring is 1. The molecular weight excluding hydrogens is 330 g/mol. The summed E-state index contributed by atoms with van der Waals surface area (Å²) in [4.78, 5) is 13.2. The molecule has 0 spiro atoms. The molecule has 1 aromatic carbocycles. The molecule has 2 aliphatic carbocycles. The van der Waals surface area contributed by atoms with Gasteiger partial charge in [-0.05, 0) is 55.9 Å². The summed E-state index contributed by atoms with van der Waals surface area (Å²) in [7, 11) is -3.56. The molecule has 0 bridgehead atoms. The molecule has 4 N–H and O–H groups in total. The first-order valence-corrected chi connectivity index (χ1v) is 9.65. The molecule has 0 aromatic heterocycles. The molecular formula is C16H23N3O4S. The molecule has 7 nitrogen and oxygen atoms in total. The SMILES string of the molecule is Nc1ccc(S(=O)(=O)NC2CC(N(CC(=O)O)CC3CC3)C2)cc1. The number of hydrogen-bond acceptors (Lipinski definition) is 5. The summed E-state index contributed by atoms with van der Waals surface area (Å²) >= 11 is 0. The Balaban J connectivity index is 1.55. The largest absolute Gasteiger partial charge is 0.480 e. The maximum atomic E-state index is 12.3. The lowest BCUT2D eigenvalue weighted by molar-refractivity contribution is -0.139. The van der Waals surface area contributed by atoms with Crippen LogP contribution in [0, 0.1) is 5.92 Å². The van der Waals surface area contributed by atoms with Gasteiger partial charge in [0.15, 0.2) is 0 Å². The Morgan fingerprint density at radius 1 is 1.25 bits per heavy atom. The molecule has 2 saturated carbocycles. The minimum atomic E-state index is -3.56. The second-order valence-corrected chi connectivity index (χ2v) is 8.49. The van der Waals surface area contributed by atoms with Crippen LogP contribution in [0.25, 0.3) is 0 Å². The van der Waals surface area contributed by atoms with E-state index >= 15 is 0 Å². The van der Waals surface area contributed by atoms with Crippen molar-refractivity contribution < 1.29 is 18.3 Å². The predicted molar refractivity (Wildman–Crippen MR) is 89.9 cm³/mol. The first kappa shape index (κ1) is 17.2. The smallest absolute Gasteiger partial charge is 0.317 e. The van der Waals surface area contributed by atoms with Gasteiger partial charge < -0.3 is 10.8 Å². The Labute approximate surface area is 141 Å². The highest BCUT2D eigenvalue weighted by atomic mass is 32.2. The number of benzene rings is 1. The van der Waals surface area contributed by atoms with Crippen molar-refractivity contribution in [1.82, 2.24) is 9.62 Å². The van der Waals surface area contributed by atoms with Crippen molar-refractivity contribution in [2.75, 3.05) is 18.8 Å². The molecule has 0 atom stereocenters. The van der Waals surface area contributed by atoms with Crippen LogP contribution in [0.5, 0.6) is 0 Å². The van der Waals surface area contributed by atoms with Crippen LogP contribution in [0.1, 0.15) is 25.7 Å². The fourth-order valence-corrected chi connectivity index (χ4v) is 4.33. The average Bonchev–Trinajstić information content (AvgIpc) is 3.26. The van der Waals surface area contributed by atoms with Crippen LogP contribution in [0.15, 0.2) is 29.2 Å². The molecule has 8 heteroatoms. The Hall–Kier alpha value is -1.64. The van der Waals surface area contributed by atoms with Crippen LogP contribution in [0.4, 0.5) is 5.69 Å². The topological polar surface area (TPSA) is 113 Å². The van der Waals surface area contributed by atoms with E-state index in [9.17, 15) is 13.2 Å². The number of sulfonamides is 1. The first-order chi connectivity index (χ1) is 11.3. The number of carboxylic acids is 1. The van der Waals surface area contributed by atoms with Crippen molar-refractivity contribution in [2.24, 2.45) is 5.92 Å². The molecule has 0 aliphatic heterocycles. The van der Waals surface area contributed by atoms with Crippen molar-refractivity contribution in [3.63, 3.8) is 0 Å². The van der Waals surface area contributed by atoms with E-state index in [4.69, 9.17) is 10.8 Å².